The number of halogens is 1. The molecule has 0 aromatic heterocycles. The maximum Gasteiger partial charge on any atom is 0.295 e. The smallest absolute Gasteiger partial charge is 0.295 e. The van der Waals surface area contributed by atoms with Crippen LogP contribution in [0.3, 0.4) is 0 Å². The highest BCUT2D eigenvalue weighted by atomic mass is 19.1. The SMILES string of the molecule is COc1ccc(OC)c([C@@H]2C(=C(O)c3ccc(F)cc3)C(=O)C(=O)N2CCN(C)C)c1. The van der Waals surface area contributed by atoms with E-state index in [4.69, 9.17) is 9.47 Å². The lowest BCUT2D eigenvalue weighted by Crippen LogP contribution is -2.35. The fourth-order valence-corrected chi connectivity index (χ4v) is 3.56. The number of ether oxygens (including phenoxy) is 2. The van der Waals surface area contributed by atoms with Gasteiger partial charge >= 0.3 is 0 Å². The van der Waals surface area contributed by atoms with Gasteiger partial charge in [0.05, 0.1) is 25.8 Å². The van der Waals surface area contributed by atoms with Crippen LogP contribution in [0.25, 0.3) is 5.76 Å². The molecule has 7 nitrogen and oxygen atoms in total. The van der Waals surface area contributed by atoms with Gasteiger partial charge in [-0.15, -0.1) is 0 Å². The summed E-state index contributed by atoms with van der Waals surface area (Å²) < 4.78 is 24.2. The van der Waals surface area contributed by atoms with Gasteiger partial charge in [-0.05, 0) is 56.6 Å². The number of nitrogens with zero attached hydrogens (tertiary/aromatic N) is 2. The number of ketones is 1. The Morgan fingerprint density at radius 3 is 2.35 bits per heavy atom. The molecule has 1 fully saturated rings. The minimum absolute atomic E-state index is 0.0816. The second kappa shape index (κ2) is 9.18. The quantitative estimate of drug-likeness (QED) is 0.415. The molecule has 0 aliphatic carbocycles. The lowest BCUT2D eigenvalue weighted by molar-refractivity contribution is -0.140. The van der Waals surface area contributed by atoms with E-state index in [2.05, 4.69) is 0 Å². The molecule has 31 heavy (non-hydrogen) atoms. The summed E-state index contributed by atoms with van der Waals surface area (Å²) in [6, 6.07) is 9.24. The van der Waals surface area contributed by atoms with E-state index in [1.165, 1.54) is 43.4 Å². The van der Waals surface area contributed by atoms with Gasteiger partial charge < -0.3 is 24.4 Å². The van der Waals surface area contributed by atoms with Crippen molar-refractivity contribution in [3.63, 3.8) is 0 Å². The lowest BCUT2D eigenvalue weighted by Gasteiger charge is -2.28. The van der Waals surface area contributed by atoms with Gasteiger partial charge in [-0.25, -0.2) is 4.39 Å². The van der Waals surface area contributed by atoms with E-state index in [0.717, 1.165) is 0 Å². The van der Waals surface area contributed by atoms with Crippen LogP contribution in [0.1, 0.15) is 17.2 Å². The molecular weight excluding hydrogens is 403 g/mol. The first-order valence-electron chi connectivity index (χ1n) is 9.69. The molecule has 2 aromatic rings. The van der Waals surface area contributed by atoms with E-state index in [9.17, 15) is 19.1 Å². The molecule has 1 saturated heterocycles. The van der Waals surface area contributed by atoms with Gasteiger partial charge in [0.2, 0.25) is 0 Å². The van der Waals surface area contributed by atoms with Crippen molar-refractivity contribution in [1.82, 2.24) is 9.80 Å². The summed E-state index contributed by atoms with van der Waals surface area (Å²) in [5.74, 6) is -1.44. The van der Waals surface area contributed by atoms with Crippen molar-refractivity contribution in [2.75, 3.05) is 41.4 Å². The number of benzene rings is 2. The third kappa shape index (κ3) is 4.39. The lowest BCUT2D eigenvalue weighted by atomic mass is 9.94. The van der Waals surface area contributed by atoms with Crippen molar-refractivity contribution in [1.29, 1.82) is 0 Å². The van der Waals surface area contributed by atoms with Crippen LogP contribution in [0.15, 0.2) is 48.0 Å². The van der Waals surface area contributed by atoms with E-state index in [-0.39, 0.29) is 23.4 Å². The topological polar surface area (TPSA) is 79.3 Å². The highest BCUT2D eigenvalue weighted by Gasteiger charge is 2.47. The van der Waals surface area contributed by atoms with Gasteiger partial charge in [0.1, 0.15) is 23.1 Å². The van der Waals surface area contributed by atoms with Crippen molar-refractivity contribution in [3.8, 4) is 11.5 Å². The molecule has 1 N–H and O–H groups in total. The van der Waals surface area contributed by atoms with E-state index in [0.29, 0.717) is 23.6 Å². The summed E-state index contributed by atoms with van der Waals surface area (Å²) in [5, 5.41) is 11.0. The van der Waals surface area contributed by atoms with E-state index >= 15 is 0 Å². The van der Waals surface area contributed by atoms with Gasteiger partial charge in [0.15, 0.2) is 0 Å². The fraction of sp³-hybridized carbons (Fsp3) is 0.304. The Balaban J connectivity index is 2.23. The Hall–Kier alpha value is -3.39. The van der Waals surface area contributed by atoms with Crippen LogP contribution in [0.4, 0.5) is 4.39 Å². The first-order valence-corrected chi connectivity index (χ1v) is 9.69. The molecule has 0 saturated carbocycles. The molecule has 0 bridgehead atoms. The number of rotatable bonds is 7. The summed E-state index contributed by atoms with van der Waals surface area (Å²) in [7, 11) is 6.71. The first-order chi connectivity index (χ1) is 14.8. The first kappa shape index (κ1) is 22.3. The van der Waals surface area contributed by atoms with Crippen molar-refractivity contribution in [2.45, 2.75) is 6.04 Å². The molecule has 1 aliphatic rings. The summed E-state index contributed by atoms with van der Waals surface area (Å²) in [6.07, 6.45) is 0. The maximum absolute atomic E-state index is 13.4. The minimum Gasteiger partial charge on any atom is -0.507 e. The third-order valence-electron chi connectivity index (χ3n) is 5.18. The largest absolute Gasteiger partial charge is 0.507 e. The van der Waals surface area contributed by atoms with Crippen LogP contribution in [0, 0.1) is 5.82 Å². The molecule has 1 aliphatic heterocycles. The number of aliphatic hydroxyl groups is 1. The van der Waals surface area contributed by atoms with Gasteiger partial charge in [-0.3, -0.25) is 9.59 Å². The molecular formula is C23H25FN2O5. The van der Waals surface area contributed by atoms with Crippen LogP contribution in [-0.4, -0.2) is 68.0 Å². The molecule has 8 heteroatoms. The Labute approximate surface area is 180 Å². The second-order valence-corrected chi connectivity index (χ2v) is 7.41. The van der Waals surface area contributed by atoms with Gasteiger partial charge in [-0.1, -0.05) is 0 Å². The summed E-state index contributed by atoms with van der Waals surface area (Å²) in [4.78, 5) is 29.2. The Kier molecular flexibility index (Phi) is 6.60. The second-order valence-electron chi connectivity index (χ2n) is 7.41. The maximum atomic E-state index is 13.4. The number of likely N-dealkylation sites (tertiary alicyclic amines) is 1. The monoisotopic (exact) mass is 428 g/mol. The molecule has 3 rings (SSSR count). The summed E-state index contributed by atoms with van der Waals surface area (Å²) >= 11 is 0. The number of amides is 1. The number of carbonyl (C=O) groups is 2. The Morgan fingerprint density at radius 1 is 1.10 bits per heavy atom. The van der Waals surface area contributed by atoms with Crippen LogP contribution < -0.4 is 9.47 Å². The van der Waals surface area contributed by atoms with Crippen LogP contribution >= 0.6 is 0 Å². The molecule has 2 aromatic carbocycles. The molecule has 1 atom stereocenters. The highest BCUT2D eigenvalue weighted by molar-refractivity contribution is 6.46. The van der Waals surface area contributed by atoms with Crippen molar-refractivity contribution >= 4 is 17.4 Å². The third-order valence-corrected chi connectivity index (χ3v) is 5.18. The van der Waals surface area contributed by atoms with Gasteiger partial charge in [-0.2, -0.15) is 0 Å². The number of hydrogen-bond acceptors (Lipinski definition) is 6. The number of carbonyl (C=O) groups excluding carboxylic acids is 2. The zero-order valence-corrected chi connectivity index (χ0v) is 17.9. The molecule has 0 radical (unpaired) electrons. The van der Waals surface area contributed by atoms with Gasteiger partial charge in [0, 0.05) is 24.2 Å². The van der Waals surface area contributed by atoms with E-state index < -0.39 is 23.5 Å². The van der Waals surface area contributed by atoms with Crippen molar-refractivity contribution in [3.05, 3.63) is 65.0 Å². The zero-order chi connectivity index (χ0) is 22.7. The number of methoxy groups -OCH3 is 2. The molecule has 1 amide bonds. The minimum atomic E-state index is -0.893. The highest BCUT2D eigenvalue weighted by Crippen LogP contribution is 2.43. The molecule has 164 valence electrons. The van der Waals surface area contributed by atoms with Crippen LogP contribution in [0.5, 0.6) is 11.5 Å². The normalized spacial score (nSPS) is 18.0. The van der Waals surface area contributed by atoms with Crippen molar-refractivity contribution < 1.29 is 28.6 Å². The number of Topliss-reactive ketones (excluding diaryl/α,β-unsaturated/α-hetero) is 1. The predicted molar refractivity (Wildman–Crippen MR) is 114 cm³/mol. The van der Waals surface area contributed by atoms with E-state index in [1.807, 2.05) is 19.0 Å². The van der Waals surface area contributed by atoms with Crippen LogP contribution in [-0.2, 0) is 9.59 Å². The van der Waals surface area contributed by atoms with E-state index in [1.54, 1.807) is 18.2 Å². The molecule has 0 unspecified atom stereocenters. The molecule has 1 heterocycles. The summed E-state index contributed by atoms with van der Waals surface area (Å²) in [5.41, 5.74) is 0.657. The average molecular weight is 428 g/mol. The Bertz CT molecular complexity index is 1020. The Morgan fingerprint density at radius 2 is 1.77 bits per heavy atom. The van der Waals surface area contributed by atoms with Gasteiger partial charge in [0.25, 0.3) is 11.7 Å². The van der Waals surface area contributed by atoms with Crippen molar-refractivity contribution in [2.24, 2.45) is 0 Å². The zero-order valence-electron chi connectivity index (χ0n) is 17.9. The number of hydrogen-bond donors (Lipinski definition) is 1. The van der Waals surface area contributed by atoms with Crippen LogP contribution in [0.2, 0.25) is 0 Å². The molecule has 0 spiro atoms. The number of likely N-dealkylation sites (N-methyl/N-ethyl adjacent to an activating group) is 1. The average Bonchev–Trinajstić information content (AvgIpc) is 3.01. The standard InChI is InChI=1S/C23H25FN2O5/c1-25(2)11-12-26-20(17-13-16(30-3)9-10-18(17)31-4)19(22(28)23(26)29)21(27)14-5-7-15(24)8-6-14/h5-10,13,20,27H,11-12H2,1-4H3/t20-/m1/s1. The summed E-state index contributed by atoms with van der Waals surface area (Å²) in [6.45, 7) is 0.759. The fourth-order valence-electron chi connectivity index (χ4n) is 3.56. The predicted octanol–water partition coefficient (Wildman–Crippen LogP) is 2.83. The number of aliphatic hydroxyl groups excluding tert-OH is 1.